The maximum atomic E-state index is 12.7. The summed E-state index contributed by atoms with van der Waals surface area (Å²) >= 11 is 3.86. The summed E-state index contributed by atoms with van der Waals surface area (Å²) in [7, 11) is 0. The van der Waals surface area contributed by atoms with Crippen LogP contribution in [0.3, 0.4) is 0 Å². The molecule has 0 unspecified atom stereocenters. The van der Waals surface area contributed by atoms with Crippen molar-refractivity contribution in [2.75, 3.05) is 10.6 Å². The SMILES string of the molecule is [CH3][Sn]([CH3])[c]1nc(NC(=O)c2ccc(C(F)(F)F)cc2)nc(Nc2ccc(Cl)cc2)n1. The molecule has 30 heavy (non-hydrogen) atoms. The second-order valence-corrected chi connectivity index (χ2v) is 13.9. The molecule has 0 fully saturated rings. The average molecular weight is 542 g/mol. The molecule has 2 aromatic carbocycles. The van der Waals surface area contributed by atoms with Gasteiger partial charge < -0.3 is 0 Å². The summed E-state index contributed by atoms with van der Waals surface area (Å²) in [5, 5.41) is 6.16. The van der Waals surface area contributed by atoms with Crippen molar-refractivity contribution in [1.29, 1.82) is 0 Å². The van der Waals surface area contributed by atoms with Crippen LogP contribution in [0.1, 0.15) is 15.9 Å². The van der Waals surface area contributed by atoms with Gasteiger partial charge in [0.15, 0.2) is 0 Å². The van der Waals surface area contributed by atoms with E-state index >= 15 is 0 Å². The van der Waals surface area contributed by atoms with Crippen molar-refractivity contribution >= 4 is 58.7 Å². The van der Waals surface area contributed by atoms with Crippen molar-refractivity contribution in [2.45, 2.75) is 16.1 Å². The number of nitrogens with one attached hydrogen (secondary N) is 2. The van der Waals surface area contributed by atoms with Crippen molar-refractivity contribution in [3.05, 3.63) is 64.7 Å². The van der Waals surface area contributed by atoms with Crippen molar-refractivity contribution in [2.24, 2.45) is 0 Å². The van der Waals surface area contributed by atoms with Crippen LogP contribution in [0.5, 0.6) is 0 Å². The van der Waals surface area contributed by atoms with E-state index in [4.69, 9.17) is 11.6 Å². The van der Waals surface area contributed by atoms with E-state index in [-0.39, 0.29) is 17.5 Å². The Bertz CT molecular complexity index is 1040. The zero-order chi connectivity index (χ0) is 21.9. The van der Waals surface area contributed by atoms with Crippen LogP contribution in [-0.2, 0) is 6.18 Å². The Labute approximate surface area is 182 Å². The standard InChI is InChI=1S/C17H10ClF3N5O.2CH3.Sn/c18-12-5-7-13(8-6-12)24-15-22-9-23-16(26-15)25-14(27)10-1-3-11(4-2-10)17(19,20)21;;;/h1-8H,(H2,22,23,24,25,26,27);2*1H3;. The van der Waals surface area contributed by atoms with Gasteiger partial charge in [-0.2, -0.15) is 0 Å². The Hall–Kier alpha value is -2.40. The molecule has 0 atom stereocenters. The molecule has 1 radical (unpaired) electrons. The fourth-order valence-electron chi connectivity index (χ4n) is 2.36. The topological polar surface area (TPSA) is 79.8 Å². The van der Waals surface area contributed by atoms with Gasteiger partial charge in [0.05, 0.1) is 0 Å². The third kappa shape index (κ3) is 5.82. The Kier molecular flexibility index (Phi) is 6.81. The first-order valence-corrected chi connectivity index (χ1v) is 16.2. The van der Waals surface area contributed by atoms with E-state index in [1.54, 1.807) is 24.3 Å². The van der Waals surface area contributed by atoms with E-state index in [1.807, 2.05) is 0 Å². The van der Waals surface area contributed by atoms with Crippen LogP contribution in [0.25, 0.3) is 0 Å². The number of nitrogens with zero attached hydrogens (tertiary/aromatic N) is 3. The quantitative estimate of drug-likeness (QED) is 0.465. The Morgan fingerprint density at radius 1 is 0.933 bits per heavy atom. The third-order valence-electron chi connectivity index (χ3n) is 3.88. The van der Waals surface area contributed by atoms with Crippen LogP contribution in [-0.4, -0.2) is 40.6 Å². The van der Waals surface area contributed by atoms with Gasteiger partial charge in [-0.25, -0.2) is 0 Å². The molecule has 0 bridgehead atoms. The number of carbonyl (C=O) groups is 1. The predicted octanol–water partition coefficient (Wildman–Crippen LogP) is 4.50. The van der Waals surface area contributed by atoms with Gasteiger partial charge in [0.1, 0.15) is 0 Å². The van der Waals surface area contributed by atoms with Gasteiger partial charge in [0.25, 0.3) is 0 Å². The summed E-state index contributed by atoms with van der Waals surface area (Å²) in [5.74, 6) is -0.328. The number of halogens is 4. The minimum absolute atomic E-state index is 0.0307. The summed E-state index contributed by atoms with van der Waals surface area (Å²) in [6, 6.07) is 10.8. The third-order valence-corrected chi connectivity index (χ3v) is 7.33. The number of aromatic nitrogens is 3. The molecule has 0 aliphatic heterocycles. The number of carbonyl (C=O) groups excluding carboxylic acids is 1. The molecular weight excluding hydrogens is 525 g/mol. The van der Waals surface area contributed by atoms with Gasteiger partial charge in [0, 0.05) is 0 Å². The molecule has 1 heterocycles. The summed E-state index contributed by atoms with van der Waals surface area (Å²) in [5.41, 5.74) is -0.0674. The van der Waals surface area contributed by atoms with E-state index in [2.05, 4.69) is 35.5 Å². The second kappa shape index (κ2) is 9.17. The minimum atomic E-state index is -4.47. The van der Waals surface area contributed by atoms with E-state index in [9.17, 15) is 18.0 Å². The summed E-state index contributed by atoms with van der Waals surface area (Å²) in [6.07, 6.45) is -4.47. The fraction of sp³-hybridized carbons (Fsp3) is 0.158. The maximum absolute atomic E-state index is 12.7. The average Bonchev–Trinajstić information content (AvgIpc) is 2.69. The van der Waals surface area contributed by atoms with Crippen molar-refractivity contribution < 1.29 is 18.0 Å². The van der Waals surface area contributed by atoms with Gasteiger partial charge in [-0.15, -0.1) is 0 Å². The molecule has 155 valence electrons. The first-order chi connectivity index (χ1) is 14.1. The van der Waals surface area contributed by atoms with Crippen LogP contribution < -0.4 is 14.5 Å². The normalized spacial score (nSPS) is 11.4. The molecule has 3 rings (SSSR count). The number of anilines is 3. The van der Waals surface area contributed by atoms with Gasteiger partial charge >= 0.3 is 183 Å². The predicted molar refractivity (Wildman–Crippen MR) is 111 cm³/mol. The molecule has 1 aromatic heterocycles. The van der Waals surface area contributed by atoms with Gasteiger partial charge in [0.2, 0.25) is 0 Å². The van der Waals surface area contributed by atoms with Crippen molar-refractivity contribution in [1.82, 2.24) is 15.0 Å². The van der Waals surface area contributed by atoms with Crippen LogP contribution in [0.15, 0.2) is 48.5 Å². The molecule has 1 amide bonds. The zero-order valence-electron chi connectivity index (χ0n) is 15.9. The first kappa shape index (κ1) is 22.3. The van der Waals surface area contributed by atoms with E-state index in [0.717, 1.165) is 24.3 Å². The molecule has 3 aromatic rings. The number of benzene rings is 2. The molecular formula is C19H16ClF3N5OSn. The first-order valence-electron chi connectivity index (χ1n) is 8.69. The summed E-state index contributed by atoms with van der Waals surface area (Å²) in [4.78, 5) is 29.5. The Morgan fingerprint density at radius 3 is 2.10 bits per heavy atom. The van der Waals surface area contributed by atoms with E-state index in [1.165, 1.54) is 0 Å². The molecule has 6 nitrogen and oxygen atoms in total. The molecule has 11 heteroatoms. The van der Waals surface area contributed by atoms with Gasteiger partial charge in [-0.1, -0.05) is 0 Å². The van der Waals surface area contributed by atoms with Crippen molar-refractivity contribution in [3.8, 4) is 0 Å². The molecule has 0 aliphatic rings. The van der Waals surface area contributed by atoms with E-state index < -0.39 is 37.4 Å². The zero-order valence-corrected chi connectivity index (χ0v) is 19.5. The number of hydrogen-bond acceptors (Lipinski definition) is 5. The molecule has 0 saturated carbocycles. The monoisotopic (exact) mass is 542 g/mol. The van der Waals surface area contributed by atoms with Gasteiger partial charge in [-0.05, 0) is 0 Å². The number of amides is 1. The summed E-state index contributed by atoms with van der Waals surface area (Å²) < 4.78 is 38.7. The van der Waals surface area contributed by atoms with Crippen LogP contribution in [0, 0.1) is 0 Å². The Morgan fingerprint density at radius 2 is 1.53 bits per heavy atom. The van der Waals surface area contributed by atoms with Crippen LogP contribution in [0.2, 0.25) is 14.9 Å². The molecule has 0 aliphatic carbocycles. The molecule has 0 saturated heterocycles. The van der Waals surface area contributed by atoms with Crippen molar-refractivity contribution in [3.63, 3.8) is 0 Å². The molecule has 2 N–H and O–H groups in total. The Balaban J connectivity index is 1.83. The number of alkyl halides is 3. The number of hydrogen-bond donors (Lipinski definition) is 2. The van der Waals surface area contributed by atoms with Gasteiger partial charge in [-0.3, -0.25) is 0 Å². The molecule has 0 spiro atoms. The van der Waals surface area contributed by atoms with Crippen LogP contribution in [0.4, 0.5) is 30.8 Å². The van der Waals surface area contributed by atoms with E-state index in [0.29, 0.717) is 14.6 Å². The van der Waals surface area contributed by atoms with Crippen LogP contribution >= 0.6 is 11.6 Å². The second-order valence-electron chi connectivity index (χ2n) is 6.47. The fourth-order valence-corrected chi connectivity index (χ4v) is 4.36. The summed E-state index contributed by atoms with van der Waals surface area (Å²) in [6.45, 7) is 0. The number of rotatable bonds is 5.